The van der Waals surface area contributed by atoms with Crippen molar-refractivity contribution in [2.24, 2.45) is 0 Å². The van der Waals surface area contributed by atoms with Crippen molar-refractivity contribution in [1.82, 2.24) is 0 Å². The highest BCUT2D eigenvalue weighted by atomic mass is 32.2. The molecule has 0 aliphatic heterocycles. The molecular weight excluding hydrogens is 404 g/mol. The lowest BCUT2D eigenvalue weighted by atomic mass is 10.2. The van der Waals surface area contributed by atoms with E-state index in [-0.39, 0.29) is 10.9 Å². The molecule has 0 aliphatic rings. The summed E-state index contributed by atoms with van der Waals surface area (Å²) in [6, 6.07) is 33.0. The fourth-order valence-corrected chi connectivity index (χ4v) is 5.26. The minimum absolute atomic E-state index is 0.260. The lowest BCUT2D eigenvalue weighted by Crippen LogP contribution is -2.05. The molecule has 0 bridgehead atoms. The summed E-state index contributed by atoms with van der Waals surface area (Å²) in [7, 11) is 3.11. The van der Waals surface area contributed by atoms with Crippen molar-refractivity contribution in [2.45, 2.75) is 21.6 Å². The molecule has 4 aromatic carbocycles. The standard InChI is InChI=1S/C27H25O3S/c1-20-4-6-23(7-5-20)30-24-12-18-27(19-13-24)31(25-14-8-21(28-2)9-15-25)26-16-10-22(29-3)11-17-26/h4-19H,1-3H3/q+1. The second-order valence-corrected chi connectivity index (χ2v) is 9.07. The van der Waals surface area contributed by atoms with Crippen LogP contribution in [0.2, 0.25) is 0 Å². The number of rotatable bonds is 7. The predicted molar refractivity (Wildman–Crippen MR) is 126 cm³/mol. The van der Waals surface area contributed by atoms with Crippen LogP contribution in [0.3, 0.4) is 0 Å². The molecule has 0 radical (unpaired) electrons. The van der Waals surface area contributed by atoms with Crippen LogP contribution in [0.15, 0.2) is 112 Å². The summed E-state index contributed by atoms with van der Waals surface area (Å²) in [5.41, 5.74) is 1.21. The van der Waals surface area contributed by atoms with E-state index in [2.05, 4.69) is 55.5 Å². The van der Waals surface area contributed by atoms with E-state index < -0.39 is 0 Å². The molecule has 0 amide bonds. The Morgan fingerprint density at radius 2 is 0.774 bits per heavy atom. The Balaban J connectivity index is 1.65. The third-order valence-electron chi connectivity index (χ3n) is 4.91. The summed E-state index contributed by atoms with van der Waals surface area (Å²) < 4.78 is 16.7. The molecule has 3 nitrogen and oxygen atoms in total. The molecule has 0 aromatic heterocycles. The smallest absolute Gasteiger partial charge is 0.166 e. The third-order valence-corrected chi connectivity index (χ3v) is 7.14. The topological polar surface area (TPSA) is 27.7 Å². The van der Waals surface area contributed by atoms with Crippen LogP contribution < -0.4 is 14.2 Å². The van der Waals surface area contributed by atoms with Crippen LogP contribution in [-0.4, -0.2) is 14.2 Å². The van der Waals surface area contributed by atoms with Gasteiger partial charge in [-0.3, -0.25) is 0 Å². The maximum Gasteiger partial charge on any atom is 0.166 e. The van der Waals surface area contributed by atoms with Gasteiger partial charge in [0, 0.05) is 0 Å². The second-order valence-electron chi connectivity index (χ2n) is 7.04. The van der Waals surface area contributed by atoms with Gasteiger partial charge >= 0.3 is 0 Å². The monoisotopic (exact) mass is 429 g/mol. The van der Waals surface area contributed by atoms with Crippen molar-refractivity contribution in [1.29, 1.82) is 0 Å². The Morgan fingerprint density at radius 3 is 1.13 bits per heavy atom. The third kappa shape index (κ3) is 5.04. The van der Waals surface area contributed by atoms with Gasteiger partial charge in [0.1, 0.15) is 23.0 Å². The van der Waals surface area contributed by atoms with Gasteiger partial charge in [-0.15, -0.1) is 0 Å². The van der Waals surface area contributed by atoms with Crippen molar-refractivity contribution < 1.29 is 14.2 Å². The largest absolute Gasteiger partial charge is 0.497 e. The van der Waals surface area contributed by atoms with E-state index >= 15 is 0 Å². The van der Waals surface area contributed by atoms with Crippen molar-refractivity contribution in [2.75, 3.05) is 14.2 Å². The summed E-state index contributed by atoms with van der Waals surface area (Å²) in [4.78, 5) is 3.66. The summed E-state index contributed by atoms with van der Waals surface area (Å²) in [6.45, 7) is 2.07. The van der Waals surface area contributed by atoms with E-state index in [1.54, 1.807) is 14.2 Å². The molecule has 4 heteroatoms. The van der Waals surface area contributed by atoms with E-state index in [9.17, 15) is 0 Å². The van der Waals surface area contributed by atoms with Crippen molar-refractivity contribution in [3.63, 3.8) is 0 Å². The summed E-state index contributed by atoms with van der Waals surface area (Å²) in [5.74, 6) is 3.36. The van der Waals surface area contributed by atoms with Gasteiger partial charge in [-0.05, 0) is 91.9 Å². The zero-order valence-corrected chi connectivity index (χ0v) is 18.7. The van der Waals surface area contributed by atoms with Gasteiger partial charge in [0.05, 0.1) is 25.1 Å². The van der Waals surface area contributed by atoms with E-state index in [4.69, 9.17) is 14.2 Å². The number of benzene rings is 4. The molecule has 4 rings (SSSR count). The van der Waals surface area contributed by atoms with Gasteiger partial charge in [0.15, 0.2) is 14.7 Å². The molecule has 0 spiro atoms. The number of aryl methyl sites for hydroxylation is 1. The fraction of sp³-hybridized carbons (Fsp3) is 0.111. The average Bonchev–Trinajstić information content (AvgIpc) is 2.83. The van der Waals surface area contributed by atoms with E-state index in [1.165, 1.54) is 20.2 Å². The number of hydrogen-bond donors (Lipinski definition) is 0. The van der Waals surface area contributed by atoms with Gasteiger partial charge < -0.3 is 14.2 Å². The first-order valence-electron chi connectivity index (χ1n) is 10.0. The summed E-state index contributed by atoms with van der Waals surface area (Å²) in [5, 5.41) is 0. The van der Waals surface area contributed by atoms with Crippen LogP contribution in [0.25, 0.3) is 0 Å². The second kappa shape index (κ2) is 9.63. The van der Waals surface area contributed by atoms with E-state index in [0.717, 1.165) is 23.0 Å². The number of hydrogen-bond acceptors (Lipinski definition) is 3. The molecule has 0 saturated carbocycles. The van der Waals surface area contributed by atoms with Crippen molar-refractivity contribution in [3.05, 3.63) is 103 Å². The predicted octanol–water partition coefficient (Wildman–Crippen LogP) is 6.90. The molecule has 0 heterocycles. The van der Waals surface area contributed by atoms with E-state index in [1.807, 2.05) is 48.5 Å². The van der Waals surface area contributed by atoms with Crippen LogP contribution >= 0.6 is 0 Å². The fourth-order valence-electron chi connectivity index (χ4n) is 3.22. The molecule has 156 valence electrons. The van der Waals surface area contributed by atoms with Gasteiger partial charge in [0.25, 0.3) is 0 Å². The first kappa shape index (κ1) is 20.9. The number of methoxy groups -OCH3 is 2. The zero-order chi connectivity index (χ0) is 21.6. The molecule has 0 atom stereocenters. The highest BCUT2D eigenvalue weighted by molar-refractivity contribution is 7.97. The highest BCUT2D eigenvalue weighted by Gasteiger charge is 2.29. The maximum atomic E-state index is 6.01. The van der Waals surface area contributed by atoms with Gasteiger partial charge in [-0.25, -0.2) is 0 Å². The Hall–Kier alpha value is -3.37. The van der Waals surface area contributed by atoms with Crippen LogP contribution in [0.1, 0.15) is 5.56 Å². The van der Waals surface area contributed by atoms with Gasteiger partial charge in [0.2, 0.25) is 0 Å². The highest BCUT2D eigenvalue weighted by Crippen LogP contribution is 2.34. The quantitative estimate of drug-likeness (QED) is 0.299. The average molecular weight is 430 g/mol. The Kier molecular flexibility index (Phi) is 6.48. The normalized spacial score (nSPS) is 10.7. The SMILES string of the molecule is COc1ccc([S+](c2ccc(OC)cc2)c2ccc(Oc3ccc(C)cc3)cc2)cc1. The lowest BCUT2D eigenvalue weighted by molar-refractivity contribution is 0.414. The number of ether oxygens (including phenoxy) is 3. The van der Waals surface area contributed by atoms with Gasteiger partial charge in [-0.1, -0.05) is 17.7 Å². The molecular formula is C27H25O3S+. The molecule has 0 aliphatic carbocycles. The van der Waals surface area contributed by atoms with Crippen LogP contribution in [0.4, 0.5) is 0 Å². The van der Waals surface area contributed by atoms with E-state index in [0.29, 0.717) is 0 Å². The molecule has 0 fully saturated rings. The summed E-state index contributed by atoms with van der Waals surface area (Å²) >= 11 is 0. The van der Waals surface area contributed by atoms with Crippen molar-refractivity contribution in [3.8, 4) is 23.0 Å². The first-order chi connectivity index (χ1) is 15.2. The Labute approximate surface area is 186 Å². The Bertz CT molecular complexity index is 1060. The minimum atomic E-state index is -0.260. The minimum Gasteiger partial charge on any atom is -0.497 e. The molecule has 4 aromatic rings. The van der Waals surface area contributed by atoms with Crippen LogP contribution in [0, 0.1) is 6.92 Å². The van der Waals surface area contributed by atoms with Crippen molar-refractivity contribution >= 4 is 10.9 Å². The maximum absolute atomic E-state index is 6.01. The molecule has 0 unspecified atom stereocenters. The van der Waals surface area contributed by atoms with Crippen LogP contribution in [-0.2, 0) is 10.9 Å². The van der Waals surface area contributed by atoms with Gasteiger partial charge in [-0.2, -0.15) is 0 Å². The summed E-state index contributed by atoms with van der Waals surface area (Å²) in [6.07, 6.45) is 0. The molecule has 31 heavy (non-hydrogen) atoms. The first-order valence-corrected chi connectivity index (χ1v) is 11.3. The zero-order valence-electron chi connectivity index (χ0n) is 17.9. The Morgan fingerprint density at radius 1 is 0.452 bits per heavy atom. The van der Waals surface area contributed by atoms with Crippen LogP contribution in [0.5, 0.6) is 23.0 Å². The molecule has 0 saturated heterocycles. The lowest BCUT2D eigenvalue weighted by Gasteiger charge is -2.11. The molecule has 0 N–H and O–H groups in total.